The molecule has 0 saturated heterocycles. The molecule has 19 heavy (non-hydrogen) atoms. The number of nitrogens with zero attached hydrogens (tertiary/aromatic N) is 2. The third kappa shape index (κ3) is 3.58. The molecule has 0 aromatic carbocycles. The van der Waals surface area contributed by atoms with Crippen LogP contribution in [0.15, 0.2) is 29.2 Å². The van der Waals surface area contributed by atoms with Crippen molar-refractivity contribution < 1.29 is 0 Å². The summed E-state index contributed by atoms with van der Waals surface area (Å²) in [4.78, 5) is 16.5. The van der Waals surface area contributed by atoms with E-state index in [9.17, 15) is 4.79 Å². The number of nitrogens with two attached hydrogens (primary N) is 1. The zero-order valence-corrected chi connectivity index (χ0v) is 12.1. The Balaban J connectivity index is 2.21. The van der Waals surface area contributed by atoms with Gasteiger partial charge in [0.15, 0.2) is 0 Å². The topological polar surface area (TPSA) is 60.4 Å². The summed E-state index contributed by atoms with van der Waals surface area (Å²) in [5, 5.41) is 0.489. The third-order valence-corrected chi connectivity index (χ3v) is 4.22. The number of hydrogen-bond acceptors (Lipinski definition) is 4. The predicted molar refractivity (Wildman–Crippen MR) is 80.6 cm³/mol. The van der Waals surface area contributed by atoms with Gasteiger partial charge in [0.1, 0.15) is 5.65 Å². The van der Waals surface area contributed by atoms with Crippen molar-refractivity contribution in [2.24, 2.45) is 5.73 Å². The van der Waals surface area contributed by atoms with E-state index in [2.05, 4.69) is 11.9 Å². The number of aromatic nitrogens is 2. The number of fused-ring (bicyclic) bond motifs is 1. The average Bonchev–Trinajstić information content (AvgIpc) is 2.38. The van der Waals surface area contributed by atoms with Crippen LogP contribution in [0.4, 0.5) is 0 Å². The van der Waals surface area contributed by atoms with E-state index in [1.165, 1.54) is 0 Å². The van der Waals surface area contributed by atoms with Gasteiger partial charge in [-0.3, -0.25) is 9.20 Å². The molecule has 0 saturated carbocycles. The minimum atomic E-state index is -0.0178. The lowest BCUT2D eigenvalue weighted by Gasteiger charge is -2.09. The fraction of sp³-hybridized carbons (Fsp3) is 0.429. The third-order valence-electron chi connectivity index (χ3n) is 2.95. The summed E-state index contributed by atoms with van der Waals surface area (Å²) < 4.78 is 1.59. The van der Waals surface area contributed by atoms with E-state index >= 15 is 0 Å². The lowest BCUT2D eigenvalue weighted by Crippen LogP contribution is -2.15. The molecule has 4 nitrogen and oxygen atoms in total. The molecule has 0 fully saturated rings. The summed E-state index contributed by atoms with van der Waals surface area (Å²) in [6, 6.07) is 5.47. The Morgan fingerprint density at radius 2 is 2.26 bits per heavy atom. The fourth-order valence-electron chi connectivity index (χ4n) is 1.88. The number of aryl methyl sites for hydroxylation is 1. The monoisotopic (exact) mass is 277 g/mol. The molecule has 2 heterocycles. The second-order valence-electron chi connectivity index (χ2n) is 4.72. The molecule has 0 aliphatic heterocycles. The number of hydrogen-bond donors (Lipinski definition) is 1. The van der Waals surface area contributed by atoms with Gasteiger partial charge in [-0.15, -0.1) is 0 Å². The highest BCUT2D eigenvalue weighted by Gasteiger charge is 2.06. The molecule has 1 unspecified atom stereocenters. The highest BCUT2D eigenvalue weighted by Crippen LogP contribution is 2.18. The smallest absolute Gasteiger partial charge is 0.258 e. The van der Waals surface area contributed by atoms with Gasteiger partial charge < -0.3 is 5.73 Å². The molecule has 2 aromatic heterocycles. The summed E-state index contributed by atoms with van der Waals surface area (Å²) >= 11 is 1.78. The molecule has 2 aromatic rings. The Hall–Kier alpha value is -1.33. The lowest BCUT2D eigenvalue weighted by atomic mass is 10.3. The Morgan fingerprint density at radius 1 is 1.47 bits per heavy atom. The Kier molecular flexibility index (Phi) is 4.61. The summed E-state index contributed by atoms with van der Waals surface area (Å²) in [5.41, 5.74) is 8.11. The van der Waals surface area contributed by atoms with Gasteiger partial charge >= 0.3 is 0 Å². The first-order chi connectivity index (χ1) is 9.10. The maximum atomic E-state index is 12.0. The van der Waals surface area contributed by atoms with E-state index < -0.39 is 0 Å². The van der Waals surface area contributed by atoms with Crippen molar-refractivity contribution in [2.75, 3.05) is 6.54 Å². The first-order valence-electron chi connectivity index (χ1n) is 6.41. The van der Waals surface area contributed by atoms with E-state index in [1.807, 2.05) is 25.3 Å². The van der Waals surface area contributed by atoms with Crippen LogP contribution < -0.4 is 11.3 Å². The first kappa shape index (κ1) is 14.1. The zero-order chi connectivity index (χ0) is 13.8. The van der Waals surface area contributed by atoms with Crippen LogP contribution in [0.5, 0.6) is 0 Å². The van der Waals surface area contributed by atoms with Crippen molar-refractivity contribution in [3.8, 4) is 0 Å². The van der Waals surface area contributed by atoms with Crippen molar-refractivity contribution in [1.82, 2.24) is 9.38 Å². The standard InChI is InChI=1S/C14H19N3OS/c1-10-3-4-13-16-12(7-14(18)17(13)8-10)9-19-11(2)5-6-15/h3-4,7-8,11H,5-6,9,15H2,1-2H3. The van der Waals surface area contributed by atoms with E-state index in [0.29, 0.717) is 17.4 Å². The van der Waals surface area contributed by atoms with E-state index in [4.69, 9.17) is 5.73 Å². The van der Waals surface area contributed by atoms with Crippen LogP contribution in [0.3, 0.4) is 0 Å². The largest absolute Gasteiger partial charge is 0.330 e. The van der Waals surface area contributed by atoms with E-state index in [-0.39, 0.29) is 5.56 Å². The first-order valence-corrected chi connectivity index (χ1v) is 7.45. The van der Waals surface area contributed by atoms with Crippen molar-refractivity contribution in [3.05, 3.63) is 46.0 Å². The van der Waals surface area contributed by atoms with Crippen molar-refractivity contribution in [3.63, 3.8) is 0 Å². The molecule has 0 spiro atoms. The molecule has 1 atom stereocenters. The van der Waals surface area contributed by atoms with Crippen LogP contribution in [0.1, 0.15) is 24.6 Å². The van der Waals surface area contributed by atoms with Crippen LogP contribution in [0, 0.1) is 6.92 Å². The minimum Gasteiger partial charge on any atom is -0.330 e. The summed E-state index contributed by atoms with van der Waals surface area (Å²) in [6.07, 6.45) is 2.80. The molecule has 0 bridgehead atoms. The highest BCUT2D eigenvalue weighted by molar-refractivity contribution is 7.99. The highest BCUT2D eigenvalue weighted by atomic mass is 32.2. The van der Waals surface area contributed by atoms with Crippen molar-refractivity contribution in [1.29, 1.82) is 0 Å². The Morgan fingerprint density at radius 3 is 3.00 bits per heavy atom. The molecule has 2 N–H and O–H groups in total. The quantitative estimate of drug-likeness (QED) is 0.907. The molecule has 2 rings (SSSR count). The van der Waals surface area contributed by atoms with Gasteiger partial charge in [-0.2, -0.15) is 11.8 Å². The summed E-state index contributed by atoms with van der Waals surface area (Å²) in [5.74, 6) is 0.751. The van der Waals surface area contributed by atoms with Gasteiger partial charge in [0.05, 0.1) is 5.69 Å². The van der Waals surface area contributed by atoms with Gasteiger partial charge in [-0.1, -0.05) is 13.0 Å². The molecule has 102 valence electrons. The van der Waals surface area contributed by atoms with Crippen LogP contribution in [0.25, 0.3) is 5.65 Å². The van der Waals surface area contributed by atoms with E-state index in [0.717, 1.165) is 23.4 Å². The molecule has 0 aliphatic carbocycles. The van der Waals surface area contributed by atoms with Gasteiger partial charge in [0.2, 0.25) is 0 Å². The van der Waals surface area contributed by atoms with Crippen LogP contribution >= 0.6 is 11.8 Å². The molecule has 5 heteroatoms. The average molecular weight is 277 g/mol. The van der Waals surface area contributed by atoms with Gasteiger partial charge in [-0.25, -0.2) is 4.98 Å². The normalized spacial score (nSPS) is 12.8. The number of thioether (sulfide) groups is 1. The predicted octanol–water partition coefficient (Wildman–Crippen LogP) is 1.97. The number of rotatable bonds is 5. The zero-order valence-electron chi connectivity index (χ0n) is 11.3. The minimum absolute atomic E-state index is 0.0178. The lowest BCUT2D eigenvalue weighted by molar-refractivity contribution is 0.822. The van der Waals surface area contributed by atoms with Crippen LogP contribution in [0.2, 0.25) is 0 Å². The Bertz CT molecular complexity index is 624. The molecule has 0 amide bonds. The molecular formula is C14H19N3OS. The van der Waals surface area contributed by atoms with Crippen molar-refractivity contribution >= 4 is 17.4 Å². The van der Waals surface area contributed by atoms with Crippen LogP contribution in [-0.4, -0.2) is 21.2 Å². The second-order valence-corrected chi connectivity index (χ2v) is 6.15. The molecule has 0 radical (unpaired) electrons. The summed E-state index contributed by atoms with van der Waals surface area (Å²) in [7, 11) is 0. The second kappa shape index (κ2) is 6.21. The SMILES string of the molecule is Cc1ccc2nc(CSC(C)CCN)cc(=O)n2c1. The fourth-order valence-corrected chi connectivity index (χ4v) is 2.78. The maximum Gasteiger partial charge on any atom is 0.258 e. The van der Waals surface area contributed by atoms with Crippen molar-refractivity contribution in [2.45, 2.75) is 31.3 Å². The molecular weight excluding hydrogens is 258 g/mol. The van der Waals surface area contributed by atoms with Gasteiger partial charge in [0.25, 0.3) is 5.56 Å². The molecule has 0 aliphatic rings. The Labute approximate surface area is 117 Å². The van der Waals surface area contributed by atoms with Gasteiger partial charge in [-0.05, 0) is 31.5 Å². The summed E-state index contributed by atoms with van der Waals surface area (Å²) in [6.45, 7) is 4.81. The van der Waals surface area contributed by atoms with Gasteiger partial charge in [0, 0.05) is 23.3 Å². The van der Waals surface area contributed by atoms with Crippen LogP contribution in [-0.2, 0) is 5.75 Å². The number of pyridine rings is 1. The van der Waals surface area contributed by atoms with E-state index in [1.54, 1.807) is 22.2 Å². The maximum absolute atomic E-state index is 12.0.